The average Bonchev–Trinajstić information content (AvgIpc) is 2.64. The van der Waals surface area contributed by atoms with Crippen molar-refractivity contribution >= 4 is 11.9 Å². The first kappa shape index (κ1) is 18.0. The molecule has 0 amide bonds. The lowest BCUT2D eigenvalue weighted by atomic mass is 9.94. The fraction of sp³-hybridized carbons (Fsp3) is 0.300. The molecular formula is C20H18F2O4. The summed E-state index contributed by atoms with van der Waals surface area (Å²) in [5.74, 6) is -2.95. The molecule has 0 radical (unpaired) electrons. The van der Waals surface area contributed by atoms with Crippen LogP contribution in [0.1, 0.15) is 46.4 Å². The summed E-state index contributed by atoms with van der Waals surface area (Å²) in [6, 6.07) is 11.0. The van der Waals surface area contributed by atoms with Crippen LogP contribution in [0.4, 0.5) is 8.78 Å². The molecule has 0 aliphatic heterocycles. The molecule has 6 heteroatoms. The summed E-state index contributed by atoms with van der Waals surface area (Å²) >= 11 is 0. The third-order valence-electron chi connectivity index (χ3n) is 4.35. The van der Waals surface area contributed by atoms with Crippen molar-refractivity contribution in [2.75, 3.05) is 0 Å². The quantitative estimate of drug-likeness (QED) is 0.764. The first-order valence-corrected chi connectivity index (χ1v) is 8.47. The second kappa shape index (κ2) is 8.08. The standard InChI is InChI=1S/C20H18F2O4/c21-15-9-3-1-7-13(15)19(23)25-17-11-5-6-12-18(17)26-20(24)14-8-2-4-10-16(14)22/h1-4,7-10,17-18H,5-6,11-12H2. The van der Waals surface area contributed by atoms with Crippen molar-refractivity contribution in [1.82, 2.24) is 0 Å². The maximum absolute atomic E-state index is 13.7. The van der Waals surface area contributed by atoms with E-state index in [0.29, 0.717) is 12.8 Å². The Morgan fingerprint density at radius 2 is 1.12 bits per heavy atom. The van der Waals surface area contributed by atoms with Crippen molar-refractivity contribution in [2.45, 2.75) is 37.9 Å². The molecule has 2 aromatic rings. The number of esters is 2. The highest BCUT2D eigenvalue weighted by atomic mass is 19.1. The van der Waals surface area contributed by atoms with Gasteiger partial charge in [-0.2, -0.15) is 0 Å². The van der Waals surface area contributed by atoms with Crippen molar-refractivity contribution in [2.24, 2.45) is 0 Å². The van der Waals surface area contributed by atoms with Crippen LogP contribution in [-0.4, -0.2) is 24.1 Å². The second-order valence-electron chi connectivity index (χ2n) is 6.13. The Labute approximate surface area is 149 Å². The summed E-state index contributed by atoms with van der Waals surface area (Å²) in [5.41, 5.74) is -0.338. The van der Waals surface area contributed by atoms with E-state index in [1.807, 2.05) is 0 Å². The smallest absolute Gasteiger partial charge is 0.341 e. The Balaban J connectivity index is 1.70. The maximum atomic E-state index is 13.7. The minimum Gasteiger partial charge on any atom is -0.455 e. The Kier molecular flexibility index (Phi) is 5.61. The van der Waals surface area contributed by atoms with E-state index in [0.717, 1.165) is 12.8 Å². The van der Waals surface area contributed by atoms with E-state index < -0.39 is 35.8 Å². The normalized spacial score (nSPS) is 19.6. The van der Waals surface area contributed by atoms with Crippen LogP contribution < -0.4 is 0 Å². The lowest BCUT2D eigenvalue weighted by Gasteiger charge is -2.30. The minimum atomic E-state index is -0.804. The molecule has 0 bridgehead atoms. The second-order valence-corrected chi connectivity index (χ2v) is 6.13. The number of ether oxygens (including phenoxy) is 2. The van der Waals surface area contributed by atoms with Gasteiger partial charge in [-0.25, -0.2) is 18.4 Å². The Bertz CT molecular complexity index is 738. The summed E-state index contributed by atoms with van der Waals surface area (Å²) in [5, 5.41) is 0. The van der Waals surface area contributed by atoms with Crippen LogP contribution >= 0.6 is 0 Å². The predicted octanol–water partition coefficient (Wildman–Crippen LogP) is 4.29. The van der Waals surface area contributed by atoms with Gasteiger partial charge in [-0.15, -0.1) is 0 Å². The van der Waals surface area contributed by atoms with Crippen LogP contribution in [0.5, 0.6) is 0 Å². The molecule has 0 spiro atoms. The Morgan fingerprint density at radius 1 is 0.731 bits per heavy atom. The van der Waals surface area contributed by atoms with Gasteiger partial charge < -0.3 is 9.47 Å². The monoisotopic (exact) mass is 360 g/mol. The zero-order chi connectivity index (χ0) is 18.5. The summed E-state index contributed by atoms with van der Waals surface area (Å²) < 4.78 is 38.3. The van der Waals surface area contributed by atoms with Crippen molar-refractivity contribution in [3.63, 3.8) is 0 Å². The van der Waals surface area contributed by atoms with Crippen LogP contribution in [0.15, 0.2) is 48.5 Å². The number of carbonyl (C=O) groups is 2. The highest BCUT2D eigenvalue weighted by Gasteiger charge is 2.33. The molecule has 0 N–H and O–H groups in total. The van der Waals surface area contributed by atoms with E-state index in [1.165, 1.54) is 48.5 Å². The van der Waals surface area contributed by atoms with E-state index in [1.54, 1.807) is 0 Å². The van der Waals surface area contributed by atoms with Crippen molar-refractivity contribution < 1.29 is 27.8 Å². The number of rotatable bonds is 4. The van der Waals surface area contributed by atoms with Gasteiger partial charge in [0.2, 0.25) is 0 Å². The Morgan fingerprint density at radius 3 is 1.50 bits per heavy atom. The molecule has 4 nitrogen and oxygen atoms in total. The third kappa shape index (κ3) is 4.07. The first-order valence-electron chi connectivity index (χ1n) is 8.47. The fourth-order valence-corrected chi connectivity index (χ4v) is 2.99. The van der Waals surface area contributed by atoms with Gasteiger partial charge in [-0.05, 0) is 49.9 Å². The molecule has 1 aliphatic carbocycles. The van der Waals surface area contributed by atoms with Crippen LogP contribution in [0.2, 0.25) is 0 Å². The highest BCUT2D eigenvalue weighted by molar-refractivity contribution is 5.90. The zero-order valence-electron chi connectivity index (χ0n) is 14.0. The van der Waals surface area contributed by atoms with Gasteiger partial charge in [0.1, 0.15) is 23.8 Å². The summed E-state index contributed by atoms with van der Waals surface area (Å²) in [7, 11) is 0. The number of hydrogen-bond acceptors (Lipinski definition) is 4. The largest absolute Gasteiger partial charge is 0.455 e. The molecule has 1 saturated carbocycles. The molecular weight excluding hydrogens is 342 g/mol. The molecule has 26 heavy (non-hydrogen) atoms. The average molecular weight is 360 g/mol. The molecule has 2 aromatic carbocycles. The van der Waals surface area contributed by atoms with Crippen LogP contribution in [-0.2, 0) is 9.47 Å². The van der Waals surface area contributed by atoms with Gasteiger partial charge in [-0.3, -0.25) is 0 Å². The van der Waals surface area contributed by atoms with Gasteiger partial charge in [0.15, 0.2) is 0 Å². The molecule has 3 rings (SSSR count). The van der Waals surface area contributed by atoms with Crippen molar-refractivity contribution in [3.8, 4) is 0 Å². The summed E-state index contributed by atoms with van der Waals surface area (Å²) in [6.45, 7) is 0. The van der Waals surface area contributed by atoms with E-state index in [4.69, 9.17) is 9.47 Å². The van der Waals surface area contributed by atoms with Crippen LogP contribution in [0, 0.1) is 11.6 Å². The summed E-state index contributed by atoms with van der Waals surface area (Å²) in [4.78, 5) is 24.5. The van der Waals surface area contributed by atoms with Gasteiger partial charge in [-0.1, -0.05) is 24.3 Å². The summed E-state index contributed by atoms with van der Waals surface area (Å²) in [6.07, 6.45) is 1.20. The lowest BCUT2D eigenvalue weighted by Crippen LogP contribution is -2.38. The van der Waals surface area contributed by atoms with Crippen LogP contribution in [0.25, 0.3) is 0 Å². The molecule has 0 saturated heterocycles. The number of benzene rings is 2. The maximum Gasteiger partial charge on any atom is 0.341 e. The molecule has 1 aliphatic rings. The van der Waals surface area contributed by atoms with E-state index in [2.05, 4.69) is 0 Å². The molecule has 1 fully saturated rings. The van der Waals surface area contributed by atoms with Crippen molar-refractivity contribution in [3.05, 3.63) is 71.3 Å². The molecule has 0 aromatic heterocycles. The SMILES string of the molecule is O=C(OC1CCCCC1OC(=O)c1ccccc1F)c1ccccc1F. The van der Waals surface area contributed by atoms with Gasteiger partial charge in [0.25, 0.3) is 0 Å². The topological polar surface area (TPSA) is 52.6 Å². The molecule has 2 atom stereocenters. The zero-order valence-corrected chi connectivity index (χ0v) is 14.0. The van der Waals surface area contributed by atoms with Gasteiger partial charge in [0.05, 0.1) is 11.1 Å². The van der Waals surface area contributed by atoms with E-state index in [9.17, 15) is 18.4 Å². The lowest BCUT2D eigenvalue weighted by molar-refractivity contribution is -0.0518. The number of halogens is 2. The third-order valence-corrected chi connectivity index (χ3v) is 4.35. The van der Waals surface area contributed by atoms with E-state index in [-0.39, 0.29) is 11.1 Å². The number of carbonyl (C=O) groups excluding carboxylic acids is 2. The molecule has 0 heterocycles. The van der Waals surface area contributed by atoms with Gasteiger partial charge in [0, 0.05) is 0 Å². The number of hydrogen-bond donors (Lipinski definition) is 0. The predicted molar refractivity (Wildman–Crippen MR) is 89.7 cm³/mol. The highest BCUT2D eigenvalue weighted by Crippen LogP contribution is 2.26. The van der Waals surface area contributed by atoms with Crippen LogP contribution in [0.3, 0.4) is 0 Å². The van der Waals surface area contributed by atoms with Crippen molar-refractivity contribution in [1.29, 1.82) is 0 Å². The first-order chi connectivity index (χ1) is 12.6. The molecule has 2 unspecified atom stereocenters. The fourth-order valence-electron chi connectivity index (χ4n) is 2.99. The minimum absolute atomic E-state index is 0.169. The van der Waals surface area contributed by atoms with Gasteiger partial charge >= 0.3 is 11.9 Å². The Hall–Kier alpha value is -2.76. The molecule has 136 valence electrons. The van der Waals surface area contributed by atoms with E-state index >= 15 is 0 Å².